The Morgan fingerprint density at radius 3 is 2.71 bits per heavy atom. The second-order valence-electron chi connectivity index (χ2n) is 4.82. The Morgan fingerprint density at radius 1 is 1.25 bits per heavy atom. The third-order valence-electron chi connectivity index (χ3n) is 3.12. The van der Waals surface area contributed by atoms with Gasteiger partial charge in [-0.1, -0.05) is 42.1 Å². The van der Waals surface area contributed by atoms with Gasteiger partial charge in [-0.3, -0.25) is 4.79 Å². The molecule has 24 heavy (non-hydrogen) atoms. The standard InChI is InChI=1S/C16H12N4O3S/c21-14-9-24-16(19-14)20-17-8-10-4-6-11(7-5-10)12-2-1-3-13(18-12)15(22)23/h1-8H,9H2,(H,22,23)(H,19,20,21). The molecule has 0 unspecified atom stereocenters. The molecule has 2 aromatic rings. The van der Waals surface area contributed by atoms with Crippen molar-refractivity contribution in [3.05, 3.63) is 53.7 Å². The molecule has 1 fully saturated rings. The van der Waals surface area contributed by atoms with E-state index in [0.29, 0.717) is 16.6 Å². The quantitative estimate of drug-likeness (QED) is 0.654. The topological polar surface area (TPSA) is 104 Å². The van der Waals surface area contributed by atoms with Gasteiger partial charge in [-0.15, -0.1) is 5.10 Å². The molecule has 0 saturated carbocycles. The maximum Gasteiger partial charge on any atom is 0.354 e. The van der Waals surface area contributed by atoms with Gasteiger partial charge in [0, 0.05) is 5.56 Å². The molecule has 0 atom stereocenters. The number of thioether (sulfide) groups is 1. The number of hydrogen-bond acceptors (Lipinski definition) is 6. The fourth-order valence-corrected chi connectivity index (χ4v) is 2.61. The first kappa shape index (κ1) is 15.9. The number of carbonyl (C=O) groups excluding carboxylic acids is 1. The summed E-state index contributed by atoms with van der Waals surface area (Å²) in [6.07, 6.45) is 1.57. The molecule has 1 saturated heterocycles. The average molecular weight is 340 g/mol. The van der Waals surface area contributed by atoms with Crippen molar-refractivity contribution in [2.45, 2.75) is 0 Å². The van der Waals surface area contributed by atoms with Crippen molar-refractivity contribution < 1.29 is 14.7 Å². The molecule has 1 aromatic heterocycles. The van der Waals surface area contributed by atoms with Crippen molar-refractivity contribution in [1.82, 2.24) is 10.3 Å². The number of carboxylic acid groups (broad SMARTS) is 1. The van der Waals surface area contributed by atoms with E-state index >= 15 is 0 Å². The maximum atomic E-state index is 11.0. The van der Waals surface area contributed by atoms with E-state index in [9.17, 15) is 9.59 Å². The summed E-state index contributed by atoms with van der Waals surface area (Å²) in [5.74, 6) is -0.767. The van der Waals surface area contributed by atoms with Crippen LogP contribution in [0.25, 0.3) is 11.3 Å². The molecule has 2 heterocycles. The monoisotopic (exact) mass is 340 g/mol. The summed E-state index contributed by atoms with van der Waals surface area (Å²) in [6, 6.07) is 12.2. The first-order valence-electron chi connectivity index (χ1n) is 6.96. The van der Waals surface area contributed by atoms with Gasteiger partial charge >= 0.3 is 5.97 Å². The third-order valence-corrected chi connectivity index (χ3v) is 3.98. The Bertz CT molecular complexity index is 847. The van der Waals surface area contributed by atoms with Crippen LogP contribution in [0.2, 0.25) is 0 Å². The summed E-state index contributed by atoms with van der Waals surface area (Å²) in [5.41, 5.74) is 2.22. The van der Waals surface area contributed by atoms with Gasteiger partial charge < -0.3 is 10.4 Å². The molecule has 0 aliphatic carbocycles. The Kier molecular flexibility index (Phi) is 4.66. The van der Waals surface area contributed by atoms with Gasteiger partial charge in [-0.25, -0.2) is 9.78 Å². The van der Waals surface area contributed by atoms with Gasteiger partial charge in [0.2, 0.25) is 5.91 Å². The van der Waals surface area contributed by atoms with Gasteiger partial charge in [0.25, 0.3) is 0 Å². The van der Waals surface area contributed by atoms with Crippen molar-refractivity contribution in [3.8, 4) is 11.3 Å². The predicted octanol–water partition coefficient (Wildman–Crippen LogP) is 2.00. The van der Waals surface area contributed by atoms with Gasteiger partial charge in [-0.05, 0) is 17.7 Å². The van der Waals surface area contributed by atoms with Gasteiger partial charge in [0.05, 0.1) is 17.7 Å². The SMILES string of the molecule is O=C1CSC(=NN=Cc2ccc(-c3cccc(C(=O)O)n3)cc2)N1. The zero-order valence-corrected chi connectivity index (χ0v) is 13.2. The molecule has 0 spiro atoms. The molecule has 1 amide bonds. The predicted molar refractivity (Wildman–Crippen MR) is 92.3 cm³/mol. The van der Waals surface area contributed by atoms with Crippen molar-refractivity contribution in [2.75, 3.05) is 5.75 Å². The lowest BCUT2D eigenvalue weighted by Gasteiger charge is -2.02. The number of amides is 1. The van der Waals surface area contributed by atoms with Crippen LogP contribution in [0.15, 0.2) is 52.7 Å². The smallest absolute Gasteiger partial charge is 0.354 e. The lowest BCUT2D eigenvalue weighted by atomic mass is 10.1. The summed E-state index contributed by atoms with van der Waals surface area (Å²) < 4.78 is 0. The summed E-state index contributed by atoms with van der Waals surface area (Å²) in [5, 5.41) is 19.9. The summed E-state index contributed by atoms with van der Waals surface area (Å²) in [6.45, 7) is 0. The first-order chi connectivity index (χ1) is 11.6. The van der Waals surface area contributed by atoms with Crippen LogP contribution in [0.3, 0.4) is 0 Å². The Morgan fingerprint density at radius 2 is 2.04 bits per heavy atom. The lowest BCUT2D eigenvalue weighted by Crippen LogP contribution is -2.19. The molecular weight excluding hydrogens is 328 g/mol. The van der Waals surface area contributed by atoms with Crippen LogP contribution in [-0.4, -0.2) is 39.1 Å². The lowest BCUT2D eigenvalue weighted by molar-refractivity contribution is -0.116. The van der Waals surface area contributed by atoms with Gasteiger partial charge in [0.1, 0.15) is 5.69 Å². The maximum absolute atomic E-state index is 11.0. The summed E-state index contributed by atoms with van der Waals surface area (Å²) >= 11 is 1.31. The van der Waals surface area contributed by atoms with Crippen LogP contribution < -0.4 is 5.32 Å². The summed E-state index contributed by atoms with van der Waals surface area (Å²) in [4.78, 5) is 26.1. The number of carboxylic acids is 1. The number of aromatic nitrogens is 1. The third kappa shape index (κ3) is 3.85. The fourth-order valence-electron chi connectivity index (χ4n) is 1.98. The van der Waals surface area contributed by atoms with Crippen LogP contribution in [0.4, 0.5) is 0 Å². The van der Waals surface area contributed by atoms with Gasteiger partial charge in [0.15, 0.2) is 5.17 Å². The van der Waals surface area contributed by atoms with Crippen molar-refractivity contribution >= 4 is 35.0 Å². The van der Waals surface area contributed by atoms with E-state index in [1.165, 1.54) is 17.8 Å². The highest BCUT2D eigenvalue weighted by molar-refractivity contribution is 8.15. The highest BCUT2D eigenvalue weighted by Gasteiger charge is 2.15. The molecule has 120 valence electrons. The normalized spacial score (nSPS) is 15.8. The second kappa shape index (κ2) is 7.05. The number of rotatable bonds is 4. The van der Waals surface area contributed by atoms with Crippen molar-refractivity contribution in [3.63, 3.8) is 0 Å². The first-order valence-corrected chi connectivity index (χ1v) is 7.95. The number of nitrogens with zero attached hydrogens (tertiary/aromatic N) is 3. The summed E-state index contributed by atoms with van der Waals surface area (Å²) in [7, 11) is 0. The average Bonchev–Trinajstić information content (AvgIpc) is 3.01. The zero-order chi connectivity index (χ0) is 16.9. The van der Waals surface area contributed by atoms with E-state index in [1.807, 2.05) is 24.3 Å². The number of aromatic carboxylic acids is 1. The van der Waals surface area contributed by atoms with E-state index in [-0.39, 0.29) is 11.6 Å². The Labute approximate surface area is 141 Å². The zero-order valence-electron chi connectivity index (χ0n) is 12.3. The molecule has 8 heteroatoms. The van der Waals surface area contributed by atoms with E-state index < -0.39 is 5.97 Å². The Hall–Kier alpha value is -3.00. The number of pyridine rings is 1. The number of amidine groups is 1. The fraction of sp³-hybridized carbons (Fsp3) is 0.0625. The minimum absolute atomic E-state index is 0.00470. The molecule has 0 radical (unpaired) electrons. The number of carbonyl (C=O) groups is 2. The van der Waals surface area contributed by atoms with E-state index in [2.05, 4.69) is 20.5 Å². The van der Waals surface area contributed by atoms with E-state index in [1.54, 1.807) is 18.3 Å². The van der Waals surface area contributed by atoms with Crippen LogP contribution >= 0.6 is 11.8 Å². The molecule has 1 aromatic carbocycles. The van der Waals surface area contributed by atoms with Crippen LogP contribution in [-0.2, 0) is 4.79 Å². The molecular formula is C16H12N4O3S. The molecule has 2 N–H and O–H groups in total. The van der Waals surface area contributed by atoms with Crippen LogP contribution in [0.5, 0.6) is 0 Å². The second-order valence-corrected chi connectivity index (χ2v) is 5.79. The van der Waals surface area contributed by atoms with E-state index in [0.717, 1.165) is 11.1 Å². The largest absolute Gasteiger partial charge is 0.477 e. The highest BCUT2D eigenvalue weighted by Crippen LogP contribution is 2.17. The highest BCUT2D eigenvalue weighted by atomic mass is 32.2. The van der Waals surface area contributed by atoms with Crippen LogP contribution in [0.1, 0.15) is 16.1 Å². The number of nitrogens with one attached hydrogen (secondary N) is 1. The molecule has 1 aliphatic rings. The Balaban J connectivity index is 1.72. The minimum Gasteiger partial charge on any atom is -0.477 e. The molecule has 0 bridgehead atoms. The number of benzene rings is 1. The minimum atomic E-state index is -1.06. The van der Waals surface area contributed by atoms with Crippen molar-refractivity contribution in [1.29, 1.82) is 0 Å². The molecule has 7 nitrogen and oxygen atoms in total. The number of hydrogen-bond donors (Lipinski definition) is 2. The molecule has 3 rings (SSSR count). The molecule has 1 aliphatic heterocycles. The van der Waals surface area contributed by atoms with Gasteiger partial charge in [-0.2, -0.15) is 5.10 Å². The van der Waals surface area contributed by atoms with Crippen molar-refractivity contribution in [2.24, 2.45) is 10.2 Å². The van der Waals surface area contributed by atoms with Crippen LogP contribution in [0, 0.1) is 0 Å². The van der Waals surface area contributed by atoms with E-state index in [4.69, 9.17) is 5.11 Å².